The van der Waals surface area contributed by atoms with Crippen molar-refractivity contribution in [1.82, 2.24) is 0 Å². The van der Waals surface area contributed by atoms with Gasteiger partial charge in [-0.1, -0.05) is 57.2 Å². The quantitative estimate of drug-likeness (QED) is 0.116. The maximum absolute atomic E-state index is 13.7. The molecule has 0 saturated carbocycles. The Labute approximate surface area is 259 Å². The average molecular weight is 660 g/mol. The first-order valence-electron chi connectivity index (χ1n) is 14.4. The number of benzene rings is 3. The molecule has 3 aromatic carbocycles. The molecule has 0 aliphatic carbocycles. The summed E-state index contributed by atoms with van der Waals surface area (Å²) in [6, 6.07) is 15.8. The van der Waals surface area contributed by atoms with Crippen LogP contribution < -0.4 is 19.1 Å². The largest absolute Gasteiger partial charge is 0.573 e. The summed E-state index contributed by atoms with van der Waals surface area (Å²) in [6.07, 6.45) is -13.0. The Hall–Kier alpha value is -3.45. The molecule has 0 spiro atoms. The molecule has 1 aliphatic rings. The van der Waals surface area contributed by atoms with Gasteiger partial charge in [0, 0.05) is 18.7 Å². The summed E-state index contributed by atoms with van der Waals surface area (Å²) >= 11 is 0. The van der Waals surface area contributed by atoms with E-state index in [0.29, 0.717) is 47.7 Å². The fraction of sp³-hybridized carbons (Fsp3) is 0.438. The van der Waals surface area contributed by atoms with Crippen LogP contribution >= 0.6 is 0 Å². The molecular weight excluding hydrogens is 623 g/mol. The summed E-state index contributed by atoms with van der Waals surface area (Å²) in [5.41, 5.74) is 2.05. The Morgan fingerprint density at radius 3 is 2.18 bits per heavy atom. The van der Waals surface area contributed by atoms with E-state index in [1.165, 1.54) is 36.4 Å². The lowest BCUT2D eigenvalue weighted by Gasteiger charge is -2.40. The third-order valence-electron chi connectivity index (χ3n) is 8.01. The zero-order chi connectivity index (χ0) is 33.2. The van der Waals surface area contributed by atoms with Crippen LogP contribution in [0.4, 0.5) is 36.4 Å². The first-order valence-corrected chi connectivity index (χ1v) is 17.3. The highest BCUT2D eigenvalue weighted by molar-refractivity contribution is 6.74. The molecule has 0 amide bonds. The molecule has 0 radical (unpaired) electrons. The number of alkyl halides is 7. The van der Waals surface area contributed by atoms with E-state index in [1.807, 2.05) is 4.90 Å². The Bertz CT molecular complexity index is 1460. The molecule has 0 fully saturated rings. The van der Waals surface area contributed by atoms with Crippen molar-refractivity contribution < 1.29 is 49.4 Å². The third-order valence-corrected chi connectivity index (χ3v) is 12.5. The predicted octanol–water partition coefficient (Wildman–Crippen LogP) is 9.84. The van der Waals surface area contributed by atoms with Crippen LogP contribution in [0.15, 0.2) is 66.7 Å². The lowest BCUT2D eigenvalue weighted by Crippen LogP contribution is -2.42. The van der Waals surface area contributed by atoms with Gasteiger partial charge in [-0.3, -0.25) is 0 Å². The van der Waals surface area contributed by atoms with E-state index in [2.05, 4.69) is 43.3 Å². The molecule has 1 heterocycles. The Balaban J connectivity index is 1.69. The molecule has 0 N–H and O–H groups in total. The maximum atomic E-state index is 13.7. The molecule has 0 bridgehead atoms. The number of anilines is 1. The molecule has 45 heavy (non-hydrogen) atoms. The fourth-order valence-corrected chi connectivity index (χ4v) is 5.82. The Kier molecular flexibility index (Phi) is 10.0. The first-order chi connectivity index (χ1) is 20.9. The van der Waals surface area contributed by atoms with Crippen LogP contribution in [-0.4, -0.2) is 47.0 Å². The number of nitrogens with zero attached hydrogens (tertiary/aromatic N) is 1. The fourth-order valence-electron chi connectivity index (χ4n) is 4.73. The average Bonchev–Trinajstić information content (AvgIpc) is 2.93. The number of halogens is 7. The lowest BCUT2D eigenvalue weighted by molar-refractivity contribution is -0.274. The SMILES string of the molecule is CC(C)(C)[Si](C)(C)OCCCN1c2cccc(-c3cccc(OC(F)(F)F)c3)c2OCC1c1cccc(OC(F)(F)C(F)F)c1. The second-order valence-corrected chi connectivity index (χ2v) is 17.1. The van der Waals surface area contributed by atoms with Crippen molar-refractivity contribution in [3.63, 3.8) is 0 Å². The van der Waals surface area contributed by atoms with Crippen LogP contribution in [0.5, 0.6) is 17.2 Å². The van der Waals surface area contributed by atoms with Crippen LogP contribution in [0.25, 0.3) is 11.1 Å². The highest BCUT2D eigenvalue weighted by Gasteiger charge is 2.44. The molecule has 3 aromatic rings. The minimum absolute atomic E-state index is 0.00109. The molecule has 4 rings (SSSR count). The Morgan fingerprint density at radius 2 is 1.53 bits per heavy atom. The van der Waals surface area contributed by atoms with E-state index in [0.717, 1.165) is 0 Å². The summed E-state index contributed by atoms with van der Waals surface area (Å²) in [7, 11) is -2.04. The maximum Gasteiger partial charge on any atom is 0.573 e. The van der Waals surface area contributed by atoms with Gasteiger partial charge in [-0.2, -0.15) is 17.6 Å². The van der Waals surface area contributed by atoms with Gasteiger partial charge < -0.3 is 23.5 Å². The summed E-state index contributed by atoms with van der Waals surface area (Å²) in [5, 5.41) is 0.00109. The number of para-hydroxylation sites is 1. The number of hydrogen-bond acceptors (Lipinski definition) is 5. The van der Waals surface area contributed by atoms with Gasteiger partial charge in [-0.05, 0) is 66.0 Å². The molecule has 5 nitrogen and oxygen atoms in total. The predicted molar refractivity (Wildman–Crippen MR) is 160 cm³/mol. The van der Waals surface area contributed by atoms with Crippen molar-refractivity contribution in [2.24, 2.45) is 0 Å². The minimum atomic E-state index is -4.86. The lowest BCUT2D eigenvalue weighted by atomic mass is 9.98. The van der Waals surface area contributed by atoms with E-state index >= 15 is 0 Å². The highest BCUT2D eigenvalue weighted by atomic mass is 28.4. The second kappa shape index (κ2) is 13.1. The van der Waals surface area contributed by atoms with Crippen molar-refractivity contribution in [3.05, 3.63) is 72.3 Å². The summed E-state index contributed by atoms with van der Waals surface area (Å²) in [6.45, 7) is 11.6. The molecule has 1 atom stereocenters. The van der Waals surface area contributed by atoms with Crippen LogP contribution in [0.2, 0.25) is 18.1 Å². The molecule has 1 aliphatic heterocycles. The molecule has 246 valence electrons. The van der Waals surface area contributed by atoms with Crippen molar-refractivity contribution in [3.8, 4) is 28.4 Å². The van der Waals surface area contributed by atoms with Gasteiger partial charge in [-0.25, -0.2) is 0 Å². The molecular formula is C32H36F7NO4Si. The minimum Gasteiger partial charge on any atom is -0.488 e. The smallest absolute Gasteiger partial charge is 0.488 e. The van der Waals surface area contributed by atoms with Crippen LogP contribution in [0, 0.1) is 0 Å². The second-order valence-electron chi connectivity index (χ2n) is 12.2. The van der Waals surface area contributed by atoms with Gasteiger partial charge >= 0.3 is 18.9 Å². The first kappa shape index (κ1) is 34.4. The van der Waals surface area contributed by atoms with Crippen LogP contribution in [0.3, 0.4) is 0 Å². The van der Waals surface area contributed by atoms with Gasteiger partial charge in [0.25, 0.3) is 0 Å². The van der Waals surface area contributed by atoms with Crippen molar-refractivity contribution in [1.29, 1.82) is 0 Å². The monoisotopic (exact) mass is 659 g/mol. The van der Waals surface area contributed by atoms with Gasteiger partial charge in [0.05, 0.1) is 11.7 Å². The normalized spacial score (nSPS) is 15.9. The number of ether oxygens (including phenoxy) is 3. The molecule has 1 unspecified atom stereocenters. The van der Waals surface area contributed by atoms with Crippen molar-refractivity contribution >= 4 is 14.0 Å². The van der Waals surface area contributed by atoms with Crippen LogP contribution in [0.1, 0.15) is 38.8 Å². The third kappa shape index (κ3) is 8.43. The van der Waals surface area contributed by atoms with Crippen molar-refractivity contribution in [2.75, 3.05) is 24.7 Å². The standard InChI is InChI=1S/C32H36F7NO4Si/c1-30(2,3)45(4,5)42-17-9-16-40-26-15-8-14-25(21-10-6-13-24(18-21)44-32(37,38)39)28(26)41-20-27(40)22-11-7-12-23(19-22)43-31(35,36)29(33)34/h6-8,10-15,18-19,27,29H,9,16-17,20H2,1-5H3. The number of rotatable bonds is 11. The van der Waals surface area contributed by atoms with Gasteiger partial charge in [0.1, 0.15) is 18.1 Å². The molecule has 0 saturated heterocycles. The van der Waals surface area contributed by atoms with E-state index < -0.39 is 39.0 Å². The van der Waals surface area contributed by atoms with Gasteiger partial charge in [0.15, 0.2) is 14.1 Å². The molecule has 0 aromatic heterocycles. The number of hydrogen-bond donors (Lipinski definition) is 0. The van der Waals surface area contributed by atoms with E-state index in [-0.39, 0.29) is 17.4 Å². The summed E-state index contributed by atoms with van der Waals surface area (Å²) in [4.78, 5) is 2.00. The topological polar surface area (TPSA) is 40.2 Å². The van der Waals surface area contributed by atoms with Crippen molar-refractivity contribution in [2.45, 2.75) is 70.3 Å². The van der Waals surface area contributed by atoms with Gasteiger partial charge in [0.2, 0.25) is 0 Å². The molecule has 13 heteroatoms. The highest BCUT2D eigenvalue weighted by Crippen LogP contribution is 2.46. The van der Waals surface area contributed by atoms with Gasteiger partial charge in [-0.15, -0.1) is 13.2 Å². The zero-order valence-corrected chi connectivity index (χ0v) is 26.6. The van der Waals surface area contributed by atoms with E-state index in [9.17, 15) is 30.7 Å². The summed E-state index contributed by atoms with van der Waals surface area (Å²) < 4.78 is 113. The van der Waals surface area contributed by atoms with E-state index in [1.54, 1.807) is 30.3 Å². The van der Waals surface area contributed by atoms with E-state index in [4.69, 9.17) is 9.16 Å². The number of fused-ring (bicyclic) bond motifs is 1. The van der Waals surface area contributed by atoms with Crippen LogP contribution in [-0.2, 0) is 4.43 Å². The Morgan fingerprint density at radius 1 is 0.889 bits per heavy atom. The zero-order valence-electron chi connectivity index (χ0n) is 25.6. The summed E-state index contributed by atoms with van der Waals surface area (Å²) in [5.74, 6) is -0.400.